The normalized spacial score (nSPS) is 10.7. The van der Waals surface area contributed by atoms with E-state index in [9.17, 15) is 4.79 Å². The maximum absolute atomic E-state index is 10.7. The van der Waals surface area contributed by atoms with Crippen LogP contribution in [0.2, 0.25) is 0 Å². The number of aromatic amines is 1. The predicted molar refractivity (Wildman–Crippen MR) is 60.1 cm³/mol. The molecule has 4 nitrogen and oxygen atoms in total. The highest BCUT2D eigenvalue weighted by Crippen LogP contribution is 2.22. The number of carboxylic acids is 1. The summed E-state index contributed by atoms with van der Waals surface area (Å²) in [5.74, 6) is -0.840. The van der Waals surface area contributed by atoms with E-state index < -0.39 is 5.97 Å². The van der Waals surface area contributed by atoms with Gasteiger partial charge in [-0.3, -0.25) is 4.79 Å². The molecule has 0 saturated heterocycles. The Morgan fingerprint density at radius 1 is 1.53 bits per heavy atom. The lowest BCUT2D eigenvalue weighted by Crippen LogP contribution is -2.03. The first-order valence-corrected chi connectivity index (χ1v) is 5.56. The lowest BCUT2D eigenvalue weighted by Gasteiger charge is -2.05. The van der Waals surface area contributed by atoms with Crippen molar-refractivity contribution in [2.75, 3.05) is 0 Å². The van der Waals surface area contributed by atoms with Crippen LogP contribution in [0.3, 0.4) is 0 Å². The van der Waals surface area contributed by atoms with Gasteiger partial charge in [-0.15, -0.1) is 0 Å². The van der Waals surface area contributed by atoms with Crippen LogP contribution in [0.4, 0.5) is 0 Å². The van der Waals surface area contributed by atoms with Crippen molar-refractivity contribution in [1.82, 2.24) is 9.97 Å². The van der Waals surface area contributed by atoms with Crippen LogP contribution in [-0.2, 0) is 16.5 Å². The molecule has 0 amide bonds. The molecule has 0 bridgehead atoms. The summed E-state index contributed by atoms with van der Waals surface area (Å²) in [7, 11) is 0. The van der Waals surface area contributed by atoms with Gasteiger partial charge in [0.2, 0.25) is 0 Å². The first-order chi connectivity index (χ1) is 7.22. The monoisotopic (exact) mass is 268 g/mol. The van der Waals surface area contributed by atoms with Gasteiger partial charge in [-0.25, -0.2) is 4.98 Å². The summed E-state index contributed by atoms with van der Waals surface area (Å²) < 4.78 is 0. The molecule has 0 aliphatic carbocycles. The third kappa shape index (κ3) is 1.87. The number of halogens is 1. The van der Waals surface area contributed by atoms with Crippen LogP contribution >= 0.6 is 15.9 Å². The van der Waals surface area contributed by atoms with Gasteiger partial charge >= 0.3 is 5.97 Å². The van der Waals surface area contributed by atoms with Crippen molar-refractivity contribution in [3.8, 4) is 0 Å². The average molecular weight is 269 g/mol. The van der Waals surface area contributed by atoms with Crippen molar-refractivity contribution in [1.29, 1.82) is 0 Å². The molecule has 0 fully saturated rings. The molecule has 1 aromatic heterocycles. The number of imidazole rings is 1. The van der Waals surface area contributed by atoms with E-state index in [1.54, 1.807) is 6.33 Å². The van der Waals surface area contributed by atoms with Crippen LogP contribution in [0.5, 0.6) is 0 Å². The van der Waals surface area contributed by atoms with Crippen molar-refractivity contribution in [3.05, 3.63) is 29.6 Å². The third-order valence-corrected chi connectivity index (χ3v) is 2.87. The van der Waals surface area contributed by atoms with Gasteiger partial charge in [0, 0.05) is 5.33 Å². The molecule has 2 N–H and O–H groups in total. The highest BCUT2D eigenvalue weighted by atomic mass is 79.9. The number of hydrogen-bond acceptors (Lipinski definition) is 2. The van der Waals surface area contributed by atoms with Gasteiger partial charge < -0.3 is 10.1 Å². The summed E-state index contributed by atoms with van der Waals surface area (Å²) in [6.07, 6.45) is 1.58. The number of H-pyrrole nitrogens is 1. The molecule has 78 valence electrons. The molecule has 2 rings (SSSR count). The Balaban J connectivity index is 2.62. The number of alkyl halides is 1. The first-order valence-electron chi connectivity index (χ1n) is 4.44. The molecule has 0 radical (unpaired) electrons. The molecule has 0 spiro atoms. The molecular formula is C10H9BrN2O2. The second kappa shape index (κ2) is 4.02. The molecule has 1 aromatic carbocycles. The van der Waals surface area contributed by atoms with Crippen LogP contribution in [0.25, 0.3) is 11.0 Å². The predicted octanol–water partition coefficient (Wildman–Crippen LogP) is 2.08. The second-order valence-electron chi connectivity index (χ2n) is 3.21. The van der Waals surface area contributed by atoms with Crippen LogP contribution in [-0.4, -0.2) is 21.0 Å². The van der Waals surface area contributed by atoms with E-state index in [0.29, 0.717) is 5.33 Å². The van der Waals surface area contributed by atoms with Crippen LogP contribution in [0.15, 0.2) is 18.5 Å². The summed E-state index contributed by atoms with van der Waals surface area (Å²) in [6.45, 7) is 0. The van der Waals surface area contributed by atoms with E-state index in [4.69, 9.17) is 5.11 Å². The fourth-order valence-electron chi connectivity index (χ4n) is 1.58. The van der Waals surface area contributed by atoms with Crippen molar-refractivity contribution in [2.24, 2.45) is 0 Å². The smallest absolute Gasteiger partial charge is 0.307 e. The number of carboxylic acid groups (broad SMARTS) is 1. The number of rotatable bonds is 3. The number of nitrogens with zero attached hydrogens (tertiary/aromatic N) is 1. The molecular weight excluding hydrogens is 260 g/mol. The average Bonchev–Trinajstić information content (AvgIpc) is 2.65. The fraction of sp³-hybridized carbons (Fsp3) is 0.200. The zero-order valence-corrected chi connectivity index (χ0v) is 9.41. The largest absolute Gasteiger partial charge is 0.481 e. The topological polar surface area (TPSA) is 66.0 Å². The Kier molecular flexibility index (Phi) is 2.73. The minimum Gasteiger partial charge on any atom is -0.481 e. The number of nitrogens with one attached hydrogen (secondary N) is 1. The Morgan fingerprint density at radius 3 is 3.00 bits per heavy atom. The Labute approximate surface area is 94.5 Å². The standard InChI is InChI=1S/C10H9BrN2O2/c11-4-6-1-2-8-10(13-5-12-8)7(6)3-9(14)15/h1-2,5H,3-4H2,(H,12,13)(H,14,15). The molecule has 0 unspecified atom stereocenters. The van der Waals surface area contributed by atoms with Crippen LogP contribution in [0.1, 0.15) is 11.1 Å². The number of fused-ring (bicyclic) bond motifs is 1. The second-order valence-corrected chi connectivity index (χ2v) is 3.77. The molecule has 0 aliphatic heterocycles. The fourth-order valence-corrected chi connectivity index (χ4v) is 2.11. The SMILES string of the molecule is O=C(O)Cc1c(CBr)ccc2[nH]cnc12. The minimum atomic E-state index is -0.840. The van der Waals surface area contributed by atoms with Gasteiger partial charge in [0.15, 0.2) is 0 Å². The Morgan fingerprint density at radius 2 is 2.33 bits per heavy atom. The van der Waals surface area contributed by atoms with Crippen LogP contribution in [0, 0.1) is 0 Å². The molecule has 0 saturated carbocycles. The van der Waals surface area contributed by atoms with Crippen molar-refractivity contribution in [3.63, 3.8) is 0 Å². The van der Waals surface area contributed by atoms with E-state index in [1.807, 2.05) is 12.1 Å². The molecule has 15 heavy (non-hydrogen) atoms. The lowest BCUT2D eigenvalue weighted by molar-refractivity contribution is -0.136. The Bertz CT molecular complexity index is 507. The summed E-state index contributed by atoms with van der Waals surface area (Å²) >= 11 is 3.34. The van der Waals surface area contributed by atoms with E-state index in [2.05, 4.69) is 25.9 Å². The van der Waals surface area contributed by atoms with E-state index >= 15 is 0 Å². The lowest BCUT2D eigenvalue weighted by atomic mass is 10.0. The van der Waals surface area contributed by atoms with E-state index in [0.717, 1.165) is 22.2 Å². The van der Waals surface area contributed by atoms with Crippen molar-refractivity contribution in [2.45, 2.75) is 11.8 Å². The minimum absolute atomic E-state index is 0.00310. The summed E-state index contributed by atoms with van der Waals surface area (Å²) in [5, 5.41) is 9.47. The van der Waals surface area contributed by atoms with Gasteiger partial charge in [0.05, 0.1) is 23.8 Å². The maximum Gasteiger partial charge on any atom is 0.307 e. The van der Waals surface area contributed by atoms with Crippen LogP contribution < -0.4 is 0 Å². The van der Waals surface area contributed by atoms with Gasteiger partial charge in [0.25, 0.3) is 0 Å². The van der Waals surface area contributed by atoms with E-state index in [1.165, 1.54) is 0 Å². The number of aliphatic carboxylic acids is 1. The highest BCUT2D eigenvalue weighted by Gasteiger charge is 2.12. The number of hydrogen-bond donors (Lipinski definition) is 2. The maximum atomic E-state index is 10.7. The zero-order chi connectivity index (χ0) is 10.8. The highest BCUT2D eigenvalue weighted by molar-refractivity contribution is 9.08. The van der Waals surface area contributed by atoms with Gasteiger partial charge in [-0.2, -0.15) is 0 Å². The molecule has 1 heterocycles. The quantitative estimate of drug-likeness (QED) is 0.838. The summed E-state index contributed by atoms with van der Waals surface area (Å²) in [6, 6.07) is 3.82. The van der Waals surface area contributed by atoms with Crippen molar-refractivity contribution < 1.29 is 9.90 Å². The molecule has 5 heteroatoms. The number of benzene rings is 1. The Hall–Kier alpha value is -1.36. The van der Waals surface area contributed by atoms with Crippen molar-refractivity contribution >= 4 is 32.9 Å². The molecule has 0 atom stereocenters. The van der Waals surface area contributed by atoms with E-state index in [-0.39, 0.29) is 6.42 Å². The number of carbonyl (C=O) groups is 1. The third-order valence-electron chi connectivity index (χ3n) is 2.27. The van der Waals surface area contributed by atoms with Gasteiger partial charge in [-0.1, -0.05) is 22.0 Å². The zero-order valence-electron chi connectivity index (χ0n) is 7.83. The summed E-state index contributed by atoms with van der Waals surface area (Å²) in [5.41, 5.74) is 3.36. The van der Waals surface area contributed by atoms with Gasteiger partial charge in [0.1, 0.15) is 0 Å². The number of aromatic nitrogens is 2. The summed E-state index contributed by atoms with van der Waals surface area (Å²) in [4.78, 5) is 17.9. The first kappa shape index (κ1) is 10.2. The molecule has 0 aliphatic rings. The van der Waals surface area contributed by atoms with Gasteiger partial charge in [-0.05, 0) is 17.2 Å². The molecule has 2 aromatic rings.